The predicted octanol–water partition coefficient (Wildman–Crippen LogP) is 4.01. The molecule has 3 heterocycles. The Hall–Kier alpha value is -3.19. The fourth-order valence-corrected chi connectivity index (χ4v) is 5.99. The number of para-hydroxylation sites is 1. The van der Waals surface area contributed by atoms with Gasteiger partial charge in [0.25, 0.3) is 0 Å². The SMILES string of the molecule is CCc1ccccc1.CN1CCCC(C(=O)NCC(=O)N2CCC(N3C(=O)C(C)(C)c4ccccc43)CC2)C1. The van der Waals surface area contributed by atoms with Gasteiger partial charge in [0.15, 0.2) is 0 Å². The lowest BCUT2D eigenvalue weighted by atomic mass is 9.86. The van der Waals surface area contributed by atoms with Crippen LogP contribution in [0.3, 0.4) is 0 Å². The lowest BCUT2D eigenvalue weighted by Gasteiger charge is -2.37. The molecule has 39 heavy (non-hydrogen) atoms. The van der Waals surface area contributed by atoms with Gasteiger partial charge in [0.1, 0.15) is 0 Å². The molecule has 5 rings (SSSR count). The third kappa shape index (κ3) is 6.70. The van der Waals surface area contributed by atoms with Gasteiger partial charge in [0.2, 0.25) is 17.7 Å². The molecule has 2 aromatic carbocycles. The monoisotopic (exact) mass is 532 g/mol. The van der Waals surface area contributed by atoms with E-state index >= 15 is 0 Å². The van der Waals surface area contributed by atoms with Gasteiger partial charge >= 0.3 is 0 Å². The van der Waals surface area contributed by atoms with Crippen LogP contribution < -0.4 is 10.2 Å². The standard InChI is InChI=1S/C24H34N4O3.C8H10/c1-24(2)19-8-4-5-9-20(19)28(23(24)31)18-10-13-27(14-11-18)21(29)15-25-22(30)17-7-6-12-26(3)16-17;1-2-8-6-4-3-5-7-8/h4-5,8-9,17-18H,6-7,10-16H2,1-3H3,(H,25,30);3-7H,2H2,1H3. The summed E-state index contributed by atoms with van der Waals surface area (Å²) in [6, 6.07) is 18.6. The summed E-state index contributed by atoms with van der Waals surface area (Å²) in [7, 11) is 2.03. The first-order valence-electron chi connectivity index (χ1n) is 14.4. The smallest absolute Gasteiger partial charge is 0.241 e. The number of piperidine rings is 2. The van der Waals surface area contributed by atoms with Crippen molar-refractivity contribution in [2.45, 2.75) is 64.3 Å². The second-order valence-electron chi connectivity index (χ2n) is 11.6. The minimum absolute atomic E-state index is 0.0173. The summed E-state index contributed by atoms with van der Waals surface area (Å²) >= 11 is 0. The third-order valence-electron chi connectivity index (χ3n) is 8.43. The van der Waals surface area contributed by atoms with Crippen LogP contribution in [0.2, 0.25) is 0 Å². The number of hydrogen-bond donors (Lipinski definition) is 1. The van der Waals surface area contributed by atoms with E-state index < -0.39 is 5.41 Å². The molecule has 7 heteroatoms. The van der Waals surface area contributed by atoms with Crippen molar-refractivity contribution >= 4 is 23.4 Å². The lowest BCUT2D eigenvalue weighted by Crippen LogP contribution is -2.51. The molecule has 0 aliphatic carbocycles. The molecule has 7 nitrogen and oxygen atoms in total. The molecule has 2 fully saturated rings. The highest BCUT2D eigenvalue weighted by molar-refractivity contribution is 6.08. The van der Waals surface area contributed by atoms with Crippen LogP contribution in [-0.2, 0) is 26.2 Å². The van der Waals surface area contributed by atoms with Crippen molar-refractivity contribution in [3.63, 3.8) is 0 Å². The second-order valence-corrected chi connectivity index (χ2v) is 11.6. The fraction of sp³-hybridized carbons (Fsp3) is 0.531. The number of fused-ring (bicyclic) bond motifs is 1. The number of carbonyl (C=O) groups excluding carboxylic acids is 3. The highest BCUT2D eigenvalue weighted by atomic mass is 16.2. The van der Waals surface area contributed by atoms with Crippen molar-refractivity contribution in [1.29, 1.82) is 0 Å². The molecular weight excluding hydrogens is 488 g/mol. The molecule has 1 atom stereocenters. The number of hydrogen-bond acceptors (Lipinski definition) is 4. The maximum absolute atomic E-state index is 13.1. The van der Waals surface area contributed by atoms with E-state index in [-0.39, 0.29) is 36.2 Å². The Morgan fingerprint density at radius 2 is 1.62 bits per heavy atom. The van der Waals surface area contributed by atoms with Gasteiger partial charge < -0.3 is 20.0 Å². The van der Waals surface area contributed by atoms with E-state index in [2.05, 4.69) is 41.4 Å². The number of nitrogens with zero attached hydrogens (tertiary/aromatic N) is 3. The minimum atomic E-state index is -0.513. The summed E-state index contributed by atoms with van der Waals surface area (Å²) < 4.78 is 0. The molecule has 3 aliphatic rings. The topological polar surface area (TPSA) is 73.0 Å². The highest BCUT2D eigenvalue weighted by Crippen LogP contribution is 2.43. The highest BCUT2D eigenvalue weighted by Gasteiger charge is 2.46. The van der Waals surface area contributed by atoms with E-state index in [1.165, 1.54) is 5.56 Å². The van der Waals surface area contributed by atoms with Gasteiger partial charge in [-0.05, 0) is 76.7 Å². The number of benzene rings is 2. The number of carbonyl (C=O) groups is 3. The average molecular weight is 533 g/mol. The van der Waals surface area contributed by atoms with E-state index in [1.807, 2.05) is 61.0 Å². The molecule has 210 valence electrons. The summed E-state index contributed by atoms with van der Waals surface area (Å²) in [5.41, 5.74) is 2.98. The van der Waals surface area contributed by atoms with Crippen LogP contribution in [0, 0.1) is 5.92 Å². The van der Waals surface area contributed by atoms with Crippen molar-refractivity contribution in [1.82, 2.24) is 15.1 Å². The number of amides is 3. The van der Waals surface area contributed by atoms with Gasteiger partial charge in [-0.15, -0.1) is 0 Å². The van der Waals surface area contributed by atoms with Crippen LogP contribution in [0.4, 0.5) is 5.69 Å². The van der Waals surface area contributed by atoms with Crippen LogP contribution in [0.25, 0.3) is 0 Å². The Kier molecular flexibility index (Phi) is 9.44. The largest absolute Gasteiger partial charge is 0.347 e. The molecule has 2 saturated heterocycles. The van der Waals surface area contributed by atoms with Gasteiger partial charge in [-0.25, -0.2) is 0 Å². The molecule has 0 spiro atoms. The molecule has 3 amide bonds. The summed E-state index contributed by atoms with van der Waals surface area (Å²) in [5, 5.41) is 2.85. The second kappa shape index (κ2) is 12.8. The molecule has 0 saturated carbocycles. The van der Waals surface area contributed by atoms with Crippen LogP contribution in [-0.4, -0.2) is 73.3 Å². The average Bonchev–Trinajstić information content (AvgIpc) is 3.17. The van der Waals surface area contributed by atoms with Crippen molar-refractivity contribution in [3.05, 3.63) is 65.7 Å². The third-order valence-corrected chi connectivity index (χ3v) is 8.43. The Balaban J connectivity index is 0.000000379. The Labute approximate surface area is 233 Å². The maximum atomic E-state index is 13.1. The van der Waals surface area contributed by atoms with Crippen LogP contribution in [0.15, 0.2) is 54.6 Å². The Bertz CT molecular complexity index is 1140. The van der Waals surface area contributed by atoms with Crippen molar-refractivity contribution in [2.75, 3.05) is 44.7 Å². The van der Waals surface area contributed by atoms with Gasteiger partial charge in [-0.2, -0.15) is 0 Å². The molecule has 2 aromatic rings. The molecule has 0 radical (unpaired) electrons. The zero-order valence-electron chi connectivity index (χ0n) is 24.0. The molecule has 1 N–H and O–H groups in total. The first-order chi connectivity index (χ1) is 18.7. The van der Waals surface area contributed by atoms with E-state index in [0.717, 1.165) is 56.4 Å². The normalized spacial score (nSPS) is 21.1. The quantitative estimate of drug-likeness (QED) is 0.632. The van der Waals surface area contributed by atoms with E-state index in [4.69, 9.17) is 0 Å². The first-order valence-corrected chi connectivity index (χ1v) is 14.4. The molecule has 1 unspecified atom stereocenters. The molecular formula is C32H44N4O3. The summed E-state index contributed by atoms with van der Waals surface area (Å²) in [4.78, 5) is 44.2. The number of nitrogens with one attached hydrogen (secondary N) is 1. The van der Waals surface area contributed by atoms with Crippen LogP contribution >= 0.6 is 0 Å². The summed E-state index contributed by atoms with van der Waals surface area (Å²) in [6.45, 7) is 9.19. The van der Waals surface area contributed by atoms with E-state index in [1.54, 1.807) is 0 Å². The van der Waals surface area contributed by atoms with Crippen molar-refractivity contribution in [3.8, 4) is 0 Å². The minimum Gasteiger partial charge on any atom is -0.347 e. The summed E-state index contributed by atoms with van der Waals surface area (Å²) in [6.07, 6.45) is 4.55. The van der Waals surface area contributed by atoms with Gasteiger partial charge in [0.05, 0.1) is 17.9 Å². The zero-order valence-corrected chi connectivity index (χ0v) is 24.0. The van der Waals surface area contributed by atoms with Gasteiger partial charge in [0, 0.05) is 31.4 Å². The van der Waals surface area contributed by atoms with Gasteiger partial charge in [-0.3, -0.25) is 14.4 Å². The Morgan fingerprint density at radius 1 is 0.949 bits per heavy atom. The molecule has 3 aliphatic heterocycles. The number of rotatable bonds is 5. The zero-order chi connectivity index (χ0) is 28.0. The Morgan fingerprint density at radius 3 is 2.26 bits per heavy atom. The maximum Gasteiger partial charge on any atom is 0.241 e. The predicted molar refractivity (Wildman–Crippen MR) is 156 cm³/mol. The van der Waals surface area contributed by atoms with Crippen molar-refractivity contribution < 1.29 is 14.4 Å². The van der Waals surface area contributed by atoms with Crippen molar-refractivity contribution in [2.24, 2.45) is 5.92 Å². The summed E-state index contributed by atoms with van der Waals surface area (Å²) in [5.74, 6) is 0.0609. The molecule has 0 bridgehead atoms. The van der Waals surface area contributed by atoms with E-state index in [9.17, 15) is 14.4 Å². The van der Waals surface area contributed by atoms with E-state index in [0.29, 0.717) is 13.1 Å². The number of anilines is 1. The van der Waals surface area contributed by atoms with Gasteiger partial charge in [-0.1, -0.05) is 55.5 Å². The van der Waals surface area contributed by atoms with Crippen LogP contribution in [0.5, 0.6) is 0 Å². The number of aryl methyl sites for hydroxylation is 1. The van der Waals surface area contributed by atoms with Crippen LogP contribution in [0.1, 0.15) is 57.6 Å². The fourth-order valence-electron chi connectivity index (χ4n) is 5.99. The lowest BCUT2D eigenvalue weighted by molar-refractivity contribution is -0.135. The molecule has 0 aromatic heterocycles. The number of likely N-dealkylation sites (tertiary alicyclic amines) is 2. The first kappa shape index (κ1) is 28.8.